The highest BCUT2D eigenvalue weighted by Gasteiger charge is 2.40. The van der Waals surface area contributed by atoms with Gasteiger partial charge < -0.3 is 18.9 Å². The van der Waals surface area contributed by atoms with Crippen LogP contribution in [0.3, 0.4) is 0 Å². The number of hydrogen-bond donors (Lipinski definition) is 0. The summed E-state index contributed by atoms with van der Waals surface area (Å²) in [5.74, 6) is -1.53. The largest absolute Gasteiger partial charge is 0.486 e. The molecule has 0 unspecified atom stereocenters. The standard InChI is InChI=1S/C14H20O6/c1-5-17-11-9(15)13(19-7-3)14(20-8-4)10(16)12(11)18-6-2/h5-8H2,1-4H3. The molecule has 0 amide bonds. The molecule has 0 atom stereocenters. The molecule has 0 N–H and O–H groups in total. The average Bonchev–Trinajstić information content (AvgIpc) is 2.44. The molecule has 6 heteroatoms. The third-order valence-corrected chi connectivity index (χ3v) is 2.39. The minimum Gasteiger partial charge on any atom is -0.486 e. The Hall–Kier alpha value is -1.98. The van der Waals surface area contributed by atoms with Crippen LogP contribution in [-0.2, 0) is 28.5 Å². The lowest BCUT2D eigenvalue weighted by molar-refractivity contribution is -0.127. The van der Waals surface area contributed by atoms with Gasteiger partial charge in [-0.15, -0.1) is 0 Å². The summed E-state index contributed by atoms with van der Waals surface area (Å²) < 4.78 is 21.0. The Morgan fingerprint density at radius 1 is 0.550 bits per heavy atom. The number of carbonyl (C=O) groups is 2. The molecule has 0 saturated carbocycles. The lowest BCUT2D eigenvalue weighted by atomic mass is 10.1. The second-order valence-corrected chi connectivity index (χ2v) is 3.71. The van der Waals surface area contributed by atoms with Crippen molar-refractivity contribution in [1.29, 1.82) is 0 Å². The smallest absolute Gasteiger partial charge is 0.270 e. The molecule has 0 aromatic carbocycles. The number of ether oxygens (including phenoxy) is 4. The van der Waals surface area contributed by atoms with E-state index in [0.717, 1.165) is 0 Å². The highest BCUT2D eigenvalue weighted by Crippen LogP contribution is 2.27. The van der Waals surface area contributed by atoms with Gasteiger partial charge in [0.2, 0.25) is 23.0 Å². The van der Waals surface area contributed by atoms with Gasteiger partial charge >= 0.3 is 0 Å². The predicted octanol–water partition coefficient (Wildman–Crippen LogP) is 1.71. The summed E-state index contributed by atoms with van der Waals surface area (Å²) in [6.45, 7) is 7.85. The third kappa shape index (κ3) is 3.12. The SMILES string of the molecule is CCOC1=C(OCC)C(=O)C(OCC)=C(OCC)C1=O. The van der Waals surface area contributed by atoms with Gasteiger partial charge in [-0.3, -0.25) is 9.59 Å². The van der Waals surface area contributed by atoms with Crippen LogP contribution in [0.2, 0.25) is 0 Å². The van der Waals surface area contributed by atoms with E-state index in [4.69, 9.17) is 18.9 Å². The Kier molecular flexibility index (Phi) is 6.09. The summed E-state index contributed by atoms with van der Waals surface area (Å²) >= 11 is 0. The number of rotatable bonds is 8. The highest BCUT2D eigenvalue weighted by atomic mass is 16.5. The maximum atomic E-state index is 12.3. The molecular weight excluding hydrogens is 264 g/mol. The van der Waals surface area contributed by atoms with Crippen molar-refractivity contribution in [1.82, 2.24) is 0 Å². The molecule has 0 spiro atoms. The molecule has 0 heterocycles. The van der Waals surface area contributed by atoms with Crippen molar-refractivity contribution in [2.75, 3.05) is 26.4 Å². The van der Waals surface area contributed by atoms with Crippen LogP contribution in [0.1, 0.15) is 27.7 Å². The first-order valence-electron chi connectivity index (χ1n) is 6.71. The normalized spacial score (nSPS) is 15.6. The number of carbonyl (C=O) groups excluding carboxylic acids is 2. The highest BCUT2D eigenvalue weighted by molar-refractivity contribution is 6.21. The van der Waals surface area contributed by atoms with Gasteiger partial charge in [0, 0.05) is 0 Å². The molecule has 0 aliphatic heterocycles. The zero-order valence-corrected chi connectivity index (χ0v) is 12.3. The second-order valence-electron chi connectivity index (χ2n) is 3.71. The van der Waals surface area contributed by atoms with Crippen LogP contribution in [0.4, 0.5) is 0 Å². The van der Waals surface area contributed by atoms with Gasteiger partial charge in [-0.05, 0) is 27.7 Å². The molecule has 0 fully saturated rings. The molecule has 1 aliphatic carbocycles. The van der Waals surface area contributed by atoms with Crippen molar-refractivity contribution in [2.24, 2.45) is 0 Å². The van der Waals surface area contributed by atoms with Crippen LogP contribution in [0.25, 0.3) is 0 Å². The van der Waals surface area contributed by atoms with E-state index in [0.29, 0.717) is 0 Å². The van der Waals surface area contributed by atoms with Crippen LogP contribution < -0.4 is 0 Å². The van der Waals surface area contributed by atoms with Gasteiger partial charge in [0.1, 0.15) is 0 Å². The molecule has 20 heavy (non-hydrogen) atoms. The van der Waals surface area contributed by atoms with E-state index in [-0.39, 0.29) is 49.5 Å². The van der Waals surface area contributed by atoms with Gasteiger partial charge in [-0.25, -0.2) is 0 Å². The average molecular weight is 284 g/mol. The van der Waals surface area contributed by atoms with Gasteiger partial charge in [0.05, 0.1) is 26.4 Å². The van der Waals surface area contributed by atoms with Crippen molar-refractivity contribution >= 4 is 11.6 Å². The summed E-state index contributed by atoms with van der Waals surface area (Å²) in [7, 11) is 0. The first-order chi connectivity index (χ1) is 9.62. The number of hydrogen-bond acceptors (Lipinski definition) is 6. The Morgan fingerprint density at radius 2 is 0.750 bits per heavy atom. The van der Waals surface area contributed by atoms with Crippen LogP contribution in [-0.4, -0.2) is 38.0 Å². The Labute approximate surface area is 118 Å². The fraction of sp³-hybridized carbons (Fsp3) is 0.571. The molecule has 0 bridgehead atoms. The summed E-state index contributed by atoms with van der Waals surface area (Å²) in [5, 5.41) is 0. The van der Waals surface area contributed by atoms with Crippen molar-refractivity contribution < 1.29 is 28.5 Å². The van der Waals surface area contributed by atoms with E-state index in [2.05, 4.69) is 0 Å². The molecule has 6 nitrogen and oxygen atoms in total. The quantitative estimate of drug-likeness (QED) is 0.632. The lowest BCUT2D eigenvalue weighted by Gasteiger charge is -2.22. The van der Waals surface area contributed by atoms with E-state index in [1.165, 1.54) is 0 Å². The van der Waals surface area contributed by atoms with Crippen molar-refractivity contribution in [3.05, 3.63) is 23.0 Å². The summed E-state index contributed by atoms with van der Waals surface area (Å²) in [5.41, 5.74) is 0. The van der Waals surface area contributed by atoms with Crippen LogP contribution >= 0.6 is 0 Å². The maximum absolute atomic E-state index is 12.3. The van der Waals surface area contributed by atoms with Crippen molar-refractivity contribution in [3.63, 3.8) is 0 Å². The van der Waals surface area contributed by atoms with Gasteiger partial charge in [-0.2, -0.15) is 0 Å². The lowest BCUT2D eigenvalue weighted by Crippen LogP contribution is -2.29. The molecule has 0 aromatic heterocycles. The van der Waals surface area contributed by atoms with E-state index in [1.807, 2.05) is 0 Å². The minimum absolute atomic E-state index is 0.119. The van der Waals surface area contributed by atoms with E-state index < -0.39 is 11.6 Å². The fourth-order valence-corrected chi connectivity index (χ4v) is 1.72. The Morgan fingerprint density at radius 3 is 0.900 bits per heavy atom. The topological polar surface area (TPSA) is 71.1 Å². The molecule has 1 rings (SSSR count). The van der Waals surface area contributed by atoms with Gasteiger partial charge in [0.25, 0.3) is 11.6 Å². The third-order valence-electron chi connectivity index (χ3n) is 2.39. The predicted molar refractivity (Wildman–Crippen MR) is 70.6 cm³/mol. The molecule has 112 valence electrons. The zero-order valence-electron chi connectivity index (χ0n) is 12.3. The Bertz CT molecular complexity index is 369. The zero-order chi connectivity index (χ0) is 15.1. The van der Waals surface area contributed by atoms with Gasteiger partial charge in [-0.1, -0.05) is 0 Å². The molecule has 0 radical (unpaired) electrons. The number of ketones is 2. The fourth-order valence-electron chi connectivity index (χ4n) is 1.72. The number of Topliss-reactive ketones (excluding diaryl/α,β-unsaturated/α-hetero) is 2. The van der Waals surface area contributed by atoms with Crippen LogP contribution in [0.5, 0.6) is 0 Å². The molecular formula is C14H20O6. The van der Waals surface area contributed by atoms with E-state index in [9.17, 15) is 9.59 Å². The molecule has 0 saturated heterocycles. The van der Waals surface area contributed by atoms with Crippen molar-refractivity contribution in [3.8, 4) is 0 Å². The van der Waals surface area contributed by atoms with Gasteiger partial charge in [0.15, 0.2) is 0 Å². The monoisotopic (exact) mass is 284 g/mol. The van der Waals surface area contributed by atoms with Crippen molar-refractivity contribution in [2.45, 2.75) is 27.7 Å². The Balaban J connectivity index is 3.29. The first kappa shape index (κ1) is 16.1. The molecule has 0 aromatic rings. The second kappa shape index (κ2) is 7.57. The minimum atomic E-state index is -0.528. The van der Waals surface area contributed by atoms with E-state index in [1.54, 1.807) is 27.7 Å². The maximum Gasteiger partial charge on any atom is 0.270 e. The summed E-state index contributed by atoms with van der Waals surface area (Å²) in [4.78, 5) is 24.7. The van der Waals surface area contributed by atoms with Crippen LogP contribution in [0.15, 0.2) is 23.0 Å². The van der Waals surface area contributed by atoms with E-state index >= 15 is 0 Å². The molecule has 1 aliphatic rings. The summed E-state index contributed by atoms with van der Waals surface area (Å²) in [6, 6.07) is 0. The summed E-state index contributed by atoms with van der Waals surface area (Å²) in [6.07, 6.45) is 0. The van der Waals surface area contributed by atoms with Crippen LogP contribution in [0, 0.1) is 0 Å². The first-order valence-corrected chi connectivity index (χ1v) is 6.71.